The molecule has 0 unspecified atom stereocenters. The number of hydrogen-bond donors (Lipinski definition) is 1. The van der Waals surface area contributed by atoms with Crippen molar-refractivity contribution in [1.29, 1.82) is 0 Å². The Labute approximate surface area is 115 Å². The molecule has 0 aliphatic rings. The Bertz CT molecular complexity index is 609. The Hall–Kier alpha value is -2.76. The molecule has 0 radical (unpaired) electrons. The lowest BCUT2D eigenvalue weighted by atomic mass is 10.2. The highest BCUT2D eigenvalue weighted by Gasteiger charge is 2.11. The van der Waals surface area contributed by atoms with Crippen molar-refractivity contribution in [3.63, 3.8) is 0 Å². The van der Waals surface area contributed by atoms with Gasteiger partial charge in [0.15, 0.2) is 11.5 Å². The Morgan fingerprint density at radius 1 is 1.10 bits per heavy atom. The molecule has 0 bridgehead atoms. The number of methoxy groups -OCH3 is 2. The zero-order valence-corrected chi connectivity index (χ0v) is 11.0. The van der Waals surface area contributed by atoms with Crippen LogP contribution < -0.4 is 14.2 Å². The first kappa shape index (κ1) is 13.7. The van der Waals surface area contributed by atoms with E-state index in [-0.39, 0.29) is 5.56 Å². The Kier molecular flexibility index (Phi) is 4.05. The second kappa shape index (κ2) is 5.92. The van der Waals surface area contributed by atoms with Crippen LogP contribution in [-0.4, -0.2) is 30.3 Å². The van der Waals surface area contributed by atoms with Crippen molar-refractivity contribution >= 4 is 5.97 Å². The number of nitrogens with zero attached hydrogens (tertiary/aromatic N) is 1. The third-order valence-electron chi connectivity index (χ3n) is 2.56. The van der Waals surface area contributed by atoms with E-state index in [0.29, 0.717) is 23.1 Å². The molecule has 6 nitrogen and oxygen atoms in total. The number of pyridine rings is 1. The highest BCUT2D eigenvalue weighted by atomic mass is 16.5. The summed E-state index contributed by atoms with van der Waals surface area (Å²) in [4.78, 5) is 14.9. The van der Waals surface area contributed by atoms with Crippen molar-refractivity contribution in [2.75, 3.05) is 14.2 Å². The first-order valence-electron chi connectivity index (χ1n) is 5.73. The first-order valence-corrected chi connectivity index (χ1v) is 5.73. The molecular formula is C14H13NO5. The number of hydrogen-bond acceptors (Lipinski definition) is 5. The van der Waals surface area contributed by atoms with Gasteiger partial charge in [0, 0.05) is 6.07 Å². The fraction of sp³-hybridized carbons (Fsp3) is 0.143. The minimum atomic E-state index is -1.03. The summed E-state index contributed by atoms with van der Waals surface area (Å²) in [5.41, 5.74) is 0.127. The Morgan fingerprint density at radius 3 is 2.45 bits per heavy atom. The summed E-state index contributed by atoms with van der Waals surface area (Å²) in [6.07, 6.45) is 1.50. The molecule has 6 heteroatoms. The van der Waals surface area contributed by atoms with Crippen molar-refractivity contribution < 1.29 is 24.1 Å². The molecule has 0 atom stereocenters. The maximum Gasteiger partial charge on any atom is 0.335 e. The normalized spacial score (nSPS) is 9.90. The maximum absolute atomic E-state index is 10.9. The molecular weight excluding hydrogens is 262 g/mol. The second-order valence-corrected chi connectivity index (χ2v) is 3.81. The molecule has 20 heavy (non-hydrogen) atoms. The number of ether oxygens (including phenoxy) is 3. The van der Waals surface area contributed by atoms with Gasteiger partial charge in [-0.1, -0.05) is 0 Å². The number of carboxylic acids is 1. The second-order valence-electron chi connectivity index (χ2n) is 3.81. The third-order valence-corrected chi connectivity index (χ3v) is 2.56. The zero-order chi connectivity index (χ0) is 14.5. The van der Waals surface area contributed by atoms with Gasteiger partial charge < -0.3 is 19.3 Å². The van der Waals surface area contributed by atoms with E-state index < -0.39 is 5.97 Å². The van der Waals surface area contributed by atoms with Gasteiger partial charge >= 0.3 is 5.97 Å². The average molecular weight is 275 g/mol. The quantitative estimate of drug-likeness (QED) is 0.903. The van der Waals surface area contributed by atoms with Gasteiger partial charge in [-0.05, 0) is 24.3 Å². The van der Waals surface area contributed by atoms with E-state index in [1.165, 1.54) is 38.6 Å². The van der Waals surface area contributed by atoms with Gasteiger partial charge in [-0.3, -0.25) is 0 Å². The first-order chi connectivity index (χ1) is 9.63. The highest BCUT2D eigenvalue weighted by molar-refractivity contribution is 5.88. The van der Waals surface area contributed by atoms with Crippen LogP contribution in [0.25, 0.3) is 0 Å². The van der Waals surface area contributed by atoms with E-state index in [4.69, 9.17) is 19.3 Å². The summed E-state index contributed by atoms with van der Waals surface area (Å²) in [6.45, 7) is 0. The molecule has 0 aliphatic carbocycles. The minimum Gasteiger partial charge on any atom is -0.493 e. The fourth-order valence-corrected chi connectivity index (χ4v) is 1.56. The van der Waals surface area contributed by atoms with E-state index in [0.717, 1.165) is 0 Å². The van der Waals surface area contributed by atoms with Gasteiger partial charge in [0.1, 0.15) is 5.75 Å². The number of benzene rings is 1. The van der Waals surface area contributed by atoms with Gasteiger partial charge in [-0.2, -0.15) is 0 Å². The van der Waals surface area contributed by atoms with E-state index >= 15 is 0 Å². The van der Waals surface area contributed by atoms with Gasteiger partial charge in [-0.25, -0.2) is 9.78 Å². The lowest BCUT2D eigenvalue weighted by Crippen LogP contribution is -1.98. The summed E-state index contributed by atoms with van der Waals surface area (Å²) >= 11 is 0. The van der Waals surface area contributed by atoms with Crippen molar-refractivity contribution in [3.8, 4) is 23.1 Å². The molecule has 0 amide bonds. The molecule has 2 aromatic rings. The molecule has 1 N–H and O–H groups in total. The summed E-state index contributed by atoms with van der Waals surface area (Å²) < 4.78 is 15.7. The molecule has 104 valence electrons. The molecule has 0 fully saturated rings. The number of carboxylic acid groups (broad SMARTS) is 1. The fourth-order valence-electron chi connectivity index (χ4n) is 1.56. The molecule has 0 saturated heterocycles. The molecule has 0 aliphatic heterocycles. The van der Waals surface area contributed by atoms with Crippen LogP contribution >= 0.6 is 0 Å². The van der Waals surface area contributed by atoms with Crippen LogP contribution in [0.2, 0.25) is 0 Å². The van der Waals surface area contributed by atoms with E-state index in [2.05, 4.69) is 4.98 Å². The molecule has 1 aromatic carbocycles. The van der Waals surface area contributed by atoms with Crippen LogP contribution in [0.3, 0.4) is 0 Å². The average Bonchev–Trinajstić information content (AvgIpc) is 2.48. The monoisotopic (exact) mass is 275 g/mol. The predicted octanol–water partition coefficient (Wildman–Crippen LogP) is 2.59. The van der Waals surface area contributed by atoms with E-state index in [1.54, 1.807) is 12.1 Å². The minimum absolute atomic E-state index is 0.127. The van der Waals surface area contributed by atoms with Crippen molar-refractivity contribution in [3.05, 3.63) is 42.1 Å². The lowest BCUT2D eigenvalue weighted by Gasteiger charge is -2.10. The number of aromatic nitrogens is 1. The van der Waals surface area contributed by atoms with Gasteiger partial charge in [-0.15, -0.1) is 0 Å². The summed E-state index contributed by atoms with van der Waals surface area (Å²) in [7, 11) is 2.97. The lowest BCUT2D eigenvalue weighted by molar-refractivity contribution is 0.0696. The topological polar surface area (TPSA) is 77.9 Å². The molecule has 1 heterocycles. The molecule has 2 rings (SSSR count). The number of rotatable bonds is 5. The van der Waals surface area contributed by atoms with E-state index in [1.807, 2.05) is 0 Å². The van der Waals surface area contributed by atoms with Crippen molar-refractivity contribution in [2.45, 2.75) is 0 Å². The predicted molar refractivity (Wildman–Crippen MR) is 70.8 cm³/mol. The van der Waals surface area contributed by atoms with Gasteiger partial charge in [0.25, 0.3) is 0 Å². The zero-order valence-electron chi connectivity index (χ0n) is 11.0. The van der Waals surface area contributed by atoms with Crippen molar-refractivity contribution in [1.82, 2.24) is 4.98 Å². The summed E-state index contributed by atoms with van der Waals surface area (Å²) in [5, 5.41) is 8.92. The summed E-state index contributed by atoms with van der Waals surface area (Å²) in [5.74, 6) is 0.684. The van der Waals surface area contributed by atoms with Crippen molar-refractivity contribution in [2.24, 2.45) is 0 Å². The standard InChI is InChI=1S/C14H13NO5/c1-18-12-7-9(14(16)17)3-5-11(12)20-10-4-6-13(19-2)15-8-10/h3-8H,1-2H3,(H,16,17). The Balaban J connectivity index is 2.25. The SMILES string of the molecule is COc1ccc(Oc2ccc(C(=O)O)cc2OC)cn1. The summed E-state index contributed by atoms with van der Waals surface area (Å²) in [6, 6.07) is 7.72. The van der Waals surface area contributed by atoms with Gasteiger partial charge in [0.05, 0.1) is 26.0 Å². The molecule has 1 aromatic heterocycles. The number of carbonyl (C=O) groups is 1. The van der Waals surface area contributed by atoms with Crippen LogP contribution in [0.1, 0.15) is 10.4 Å². The highest BCUT2D eigenvalue weighted by Crippen LogP contribution is 2.32. The third kappa shape index (κ3) is 2.97. The smallest absolute Gasteiger partial charge is 0.335 e. The van der Waals surface area contributed by atoms with Crippen LogP contribution in [0.4, 0.5) is 0 Å². The van der Waals surface area contributed by atoms with E-state index in [9.17, 15) is 4.79 Å². The molecule has 0 spiro atoms. The van der Waals surface area contributed by atoms with Crippen LogP contribution in [0, 0.1) is 0 Å². The van der Waals surface area contributed by atoms with Gasteiger partial charge in [0.2, 0.25) is 5.88 Å². The largest absolute Gasteiger partial charge is 0.493 e. The van der Waals surface area contributed by atoms with Crippen LogP contribution in [0.5, 0.6) is 23.1 Å². The Morgan fingerprint density at radius 2 is 1.90 bits per heavy atom. The maximum atomic E-state index is 10.9. The van der Waals surface area contributed by atoms with Crippen LogP contribution in [0.15, 0.2) is 36.5 Å². The van der Waals surface area contributed by atoms with Crippen LogP contribution in [-0.2, 0) is 0 Å². The number of aromatic carboxylic acids is 1. The molecule has 0 saturated carbocycles.